The van der Waals surface area contributed by atoms with Crippen LogP contribution in [0, 0.1) is 0 Å². The summed E-state index contributed by atoms with van der Waals surface area (Å²) >= 11 is 0. The Kier molecular flexibility index (Phi) is 6.30. The molecular formula is C15H26N2O. The second-order valence-electron chi connectivity index (χ2n) is 4.77. The third-order valence-electron chi connectivity index (χ3n) is 3.53. The molecule has 0 bridgehead atoms. The molecule has 1 aromatic rings. The lowest BCUT2D eigenvalue weighted by Crippen LogP contribution is -2.51. The second-order valence-corrected chi connectivity index (χ2v) is 4.77. The van der Waals surface area contributed by atoms with Crippen LogP contribution in [0.5, 0.6) is 0 Å². The van der Waals surface area contributed by atoms with Gasteiger partial charge in [0.1, 0.15) is 0 Å². The smallest absolute Gasteiger partial charge is 0.0807 e. The fourth-order valence-corrected chi connectivity index (χ4v) is 2.28. The number of hydrogen-bond acceptors (Lipinski definition) is 3. The highest BCUT2D eigenvalue weighted by molar-refractivity contribution is 5.12. The van der Waals surface area contributed by atoms with Gasteiger partial charge in [0, 0.05) is 25.0 Å². The molecule has 0 aliphatic rings. The van der Waals surface area contributed by atoms with E-state index in [2.05, 4.69) is 44.1 Å². The van der Waals surface area contributed by atoms with Gasteiger partial charge >= 0.3 is 0 Å². The fourth-order valence-electron chi connectivity index (χ4n) is 2.28. The molecule has 18 heavy (non-hydrogen) atoms. The summed E-state index contributed by atoms with van der Waals surface area (Å²) in [5.74, 6) is 0. The zero-order valence-corrected chi connectivity index (χ0v) is 12.1. The average molecular weight is 250 g/mol. The van der Waals surface area contributed by atoms with Crippen molar-refractivity contribution in [3.63, 3.8) is 0 Å². The maximum absolute atomic E-state index is 5.98. The minimum Gasteiger partial charge on any atom is -0.374 e. The molecule has 0 aliphatic carbocycles. The van der Waals surface area contributed by atoms with Crippen LogP contribution in [0.25, 0.3) is 0 Å². The molecule has 0 radical (unpaired) electrons. The van der Waals surface area contributed by atoms with Gasteiger partial charge in [0.15, 0.2) is 0 Å². The van der Waals surface area contributed by atoms with Crippen molar-refractivity contribution in [3.8, 4) is 0 Å². The molecule has 0 aromatic carbocycles. The molecule has 3 heteroatoms. The summed E-state index contributed by atoms with van der Waals surface area (Å²) in [5, 5.41) is 3.55. The molecule has 0 amide bonds. The minimum atomic E-state index is -0.124. The van der Waals surface area contributed by atoms with Gasteiger partial charge in [-0.2, -0.15) is 0 Å². The molecule has 0 saturated heterocycles. The van der Waals surface area contributed by atoms with Gasteiger partial charge in [-0.15, -0.1) is 0 Å². The Labute approximate surface area is 111 Å². The molecule has 1 heterocycles. The van der Waals surface area contributed by atoms with Crippen LogP contribution in [0.15, 0.2) is 24.5 Å². The molecule has 0 fully saturated rings. The van der Waals surface area contributed by atoms with E-state index in [-0.39, 0.29) is 5.60 Å². The Balaban J connectivity index is 2.80. The van der Waals surface area contributed by atoms with Crippen LogP contribution >= 0.6 is 0 Å². The first-order chi connectivity index (χ1) is 8.66. The van der Waals surface area contributed by atoms with Gasteiger partial charge in [-0.3, -0.25) is 4.98 Å². The van der Waals surface area contributed by atoms with E-state index < -0.39 is 0 Å². The first kappa shape index (κ1) is 15.1. The molecule has 102 valence electrons. The van der Waals surface area contributed by atoms with E-state index in [9.17, 15) is 0 Å². The van der Waals surface area contributed by atoms with Crippen LogP contribution < -0.4 is 5.32 Å². The summed E-state index contributed by atoms with van der Waals surface area (Å²) in [6.45, 7) is 10.3. The molecule has 0 spiro atoms. The number of nitrogens with zero attached hydrogens (tertiary/aromatic N) is 1. The number of rotatable bonds is 8. The highest BCUT2D eigenvalue weighted by Crippen LogP contribution is 2.23. The highest BCUT2D eigenvalue weighted by atomic mass is 16.5. The van der Waals surface area contributed by atoms with Gasteiger partial charge in [-0.25, -0.2) is 0 Å². The van der Waals surface area contributed by atoms with Gasteiger partial charge < -0.3 is 10.1 Å². The van der Waals surface area contributed by atoms with E-state index in [4.69, 9.17) is 4.74 Å². The second kappa shape index (κ2) is 7.49. The van der Waals surface area contributed by atoms with Gasteiger partial charge in [0.25, 0.3) is 0 Å². The minimum absolute atomic E-state index is 0.124. The molecule has 3 nitrogen and oxygen atoms in total. The van der Waals surface area contributed by atoms with E-state index in [0.717, 1.165) is 26.0 Å². The van der Waals surface area contributed by atoms with E-state index in [0.29, 0.717) is 6.04 Å². The molecule has 1 N–H and O–H groups in total. The first-order valence-corrected chi connectivity index (χ1v) is 6.92. The van der Waals surface area contributed by atoms with Crippen molar-refractivity contribution < 1.29 is 4.74 Å². The molecule has 2 atom stereocenters. The summed E-state index contributed by atoms with van der Waals surface area (Å²) in [7, 11) is 0. The van der Waals surface area contributed by atoms with Crippen molar-refractivity contribution in [1.29, 1.82) is 0 Å². The predicted octanol–water partition coefficient (Wildman–Crippen LogP) is 2.81. The largest absolute Gasteiger partial charge is 0.374 e. The Morgan fingerprint density at radius 3 is 2.67 bits per heavy atom. The fraction of sp³-hybridized carbons (Fsp3) is 0.667. The first-order valence-electron chi connectivity index (χ1n) is 6.92. The van der Waals surface area contributed by atoms with Crippen LogP contribution in [0.4, 0.5) is 0 Å². The van der Waals surface area contributed by atoms with Gasteiger partial charge in [0.2, 0.25) is 0 Å². The zero-order valence-electron chi connectivity index (χ0n) is 12.1. The van der Waals surface area contributed by atoms with Crippen molar-refractivity contribution in [1.82, 2.24) is 10.3 Å². The van der Waals surface area contributed by atoms with Crippen LogP contribution in [0.3, 0.4) is 0 Å². The van der Waals surface area contributed by atoms with Crippen molar-refractivity contribution in [2.45, 2.75) is 52.2 Å². The topological polar surface area (TPSA) is 34.2 Å². The van der Waals surface area contributed by atoms with Gasteiger partial charge in [-0.1, -0.05) is 19.9 Å². The quantitative estimate of drug-likeness (QED) is 0.770. The Morgan fingerprint density at radius 2 is 2.17 bits per heavy atom. The van der Waals surface area contributed by atoms with Crippen molar-refractivity contribution in [2.24, 2.45) is 0 Å². The van der Waals surface area contributed by atoms with Crippen LogP contribution in [-0.2, 0) is 11.2 Å². The molecule has 2 unspecified atom stereocenters. The van der Waals surface area contributed by atoms with Crippen LogP contribution in [-0.4, -0.2) is 29.8 Å². The Bertz CT molecular complexity index is 329. The lowest BCUT2D eigenvalue weighted by molar-refractivity contribution is -0.0547. The maximum atomic E-state index is 5.98. The van der Waals surface area contributed by atoms with E-state index in [1.54, 1.807) is 0 Å². The zero-order chi connectivity index (χ0) is 13.4. The highest BCUT2D eigenvalue weighted by Gasteiger charge is 2.32. The SMILES string of the molecule is CCNC(Cc1cccnc1)C(C)(CC)OCC. The maximum Gasteiger partial charge on any atom is 0.0807 e. The van der Waals surface area contributed by atoms with Crippen LogP contribution in [0.2, 0.25) is 0 Å². The standard InChI is InChI=1S/C15H26N2O/c1-5-15(4,18-7-3)14(17-6-2)11-13-9-8-10-16-12-13/h8-10,12,14,17H,5-7,11H2,1-4H3. The number of hydrogen-bond donors (Lipinski definition) is 1. The normalized spacial score (nSPS) is 16.2. The third-order valence-corrected chi connectivity index (χ3v) is 3.53. The van der Waals surface area contributed by atoms with E-state index >= 15 is 0 Å². The number of ether oxygens (including phenoxy) is 1. The molecular weight excluding hydrogens is 224 g/mol. The number of likely N-dealkylation sites (N-methyl/N-ethyl adjacent to an activating group) is 1. The van der Waals surface area contributed by atoms with E-state index in [1.165, 1.54) is 5.56 Å². The van der Waals surface area contributed by atoms with Crippen molar-refractivity contribution in [3.05, 3.63) is 30.1 Å². The summed E-state index contributed by atoms with van der Waals surface area (Å²) in [6, 6.07) is 4.43. The summed E-state index contributed by atoms with van der Waals surface area (Å²) in [4.78, 5) is 4.18. The Hall–Kier alpha value is -0.930. The van der Waals surface area contributed by atoms with Crippen LogP contribution in [0.1, 0.15) is 39.7 Å². The lowest BCUT2D eigenvalue weighted by atomic mass is 9.88. The Morgan fingerprint density at radius 1 is 1.39 bits per heavy atom. The van der Waals surface area contributed by atoms with E-state index in [1.807, 2.05) is 18.5 Å². The number of aromatic nitrogens is 1. The molecule has 1 aromatic heterocycles. The summed E-state index contributed by atoms with van der Waals surface area (Å²) in [6.07, 6.45) is 5.70. The molecule has 0 aliphatic heterocycles. The average Bonchev–Trinajstić information content (AvgIpc) is 2.39. The molecule has 1 rings (SSSR count). The van der Waals surface area contributed by atoms with Gasteiger partial charge in [-0.05, 0) is 44.9 Å². The van der Waals surface area contributed by atoms with Gasteiger partial charge in [0.05, 0.1) is 5.60 Å². The van der Waals surface area contributed by atoms with Crippen molar-refractivity contribution >= 4 is 0 Å². The lowest BCUT2D eigenvalue weighted by Gasteiger charge is -2.37. The third kappa shape index (κ3) is 4.07. The molecule has 0 saturated carbocycles. The number of pyridine rings is 1. The predicted molar refractivity (Wildman–Crippen MR) is 75.7 cm³/mol. The number of nitrogens with one attached hydrogen (secondary N) is 1. The summed E-state index contributed by atoms with van der Waals surface area (Å²) in [5.41, 5.74) is 1.13. The summed E-state index contributed by atoms with van der Waals surface area (Å²) < 4.78 is 5.98. The monoisotopic (exact) mass is 250 g/mol. The van der Waals surface area contributed by atoms with Crippen molar-refractivity contribution in [2.75, 3.05) is 13.2 Å².